The first-order chi connectivity index (χ1) is 14.5. The third-order valence-corrected chi connectivity index (χ3v) is 4.95. The van der Waals surface area contributed by atoms with Gasteiger partial charge < -0.3 is 10.5 Å². The molecule has 8 heteroatoms. The van der Waals surface area contributed by atoms with E-state index in [1.165, 1.54) is 12.1 Å². The first kappa shape index (κ1) is 19.6. The monoisotopic (exact) mass is 420 g/mol. The first-order valence-electron chi connectivity index (χ1n) is 9.23. The molecule has 0 aliphatic carbocycles. The van der Waals surface area contributed by atoms with E-state index >= 15 is 0 Å². The number of hydrogen-bond donors (Lipinski definition) is 2. The Kier molecular flexibility index (Phi) is 5.45. The summed E-state index contributed by atoms with van der Waals surface area (Å²) in [6.07, 6.45) is 0.968. The SMILES string of the molecule is O=Nc1ccc2nc(-c3ccc(NC(=O)CCc4ccc(Cl)cc4)cc3)n(O)c2c1. The number of hydrogen-bond acceptors (Lipinski definition) is 5. The van der Waals surface area contributed by atoms with E-state index < -0.39 is 0 Å². The van der Waals surface area contributed by atoms with Crippen LogP contribution in [0.15, 0.2) is 71.9 Å². The van der Waals surface area contributed by atoms with Gasteiger partial charge in [-0.15, -0.1) is 4.91 Å². The summed E-state index contributed by atoms with van der Waals surface area (Å²) in [6.45, 7) is 0. The number of carbonyl (C=O) groups is 1. The van der Waals surface area contributed by atoms with E-state index in [0.717, 1.165) is 10.3 Å². The van der Waals surface area contributed by atoms with Crippen LogP contribution in [0.2, 0.25) is 5.02 Å². The number of amides is 1. The highest BCUT2D eigenvalue weighted by atomic mass is 35.5. The quantitative estimate of drug-likeness (QED) is 0.315. The Morgan fingerprint density at radius 2 is 1.80 bits per heavy atom. The Hall–Kier alpha value is -3.71. The molecule has 1 heterocycles. The minimum absolute atomic E-state index is 0.0963. The van der Waals surface area contributed by atoms with E-state index in [9.17, 15) is 14.9 Å². The molecular formula is C22H17ClN4O3. The van der Waals surface area contributed by atoms with Crippen LogP contribution in [-0.4, -0.2) is 20.8 Å². The van der Waals surface area contributed by atoms with Gasteiger partial charge in [0, 0.05) is 22.7 Å². The van der Waals surface area contributed by atoms with Crippen molar-refractivity contribution in [2.45, 2.75) is 12.8 Å². The molecule has 2 N–H and O–H groups in total. The second-order valence-corrected chi connectivity index (χ2v) is 7.20. The zero-order valence-electron chi connectivity index (χ0n) is 15.7. The molecule has 0 spiro atoms. The fourth-order valence-electron chi connectivity index (χ4n) is 3.13. The van der Waals surface area contributed by atoms with Crippen LogP contribution in [0.25, 0.3) is 22.4 Å². The van der Waals surface area contributed by atoms with Crippen molar-refractivity contribution in [2.75, 3.05) is 5.32 Å². The minimum Gasteiger partial charge on any atom is -0.426 e. The lowest BCUT2D eigenvalue weighted by molar-refractivity contribution is -0.116. The normalized spacial score (nSPS) is 10.8. The molecule has 0 aliphatic heterocycles. The second kappa shape index (κ2) is 8.34. The third kappa shape index (κ3) is 4.16. The topological polar surface area (TPSA) is 96.6 Å². The van der Waals surface area contributed by atoms with Gasteiger partial charge in [-0.1, -0.05) is 23.7 Å². The van der Waals surface area contributed by atoms with Gasteiger partial charge in [-0.05, 0) is 71.8 Å². The summed E-state index contributed by atoms with van der Waals surface area (Å²) in [5.74, 6) is 0.231. The number of nitrogens with zero attached hydrogens (tertiary/aromatic N) is 3. The maximum atomic E-state index is 12.2. The van der Waals surface area contributed by atoms with Crippen LogP contribution in [-0.2, 0) is 11.2 Å². The third-order valence-electron chi connectivity index (χ3n) is 4.70. The van der Waals surface area contributed by atoms with Crippen LogP contribution in [0.1, 0.15) is 12.0 Å². The summed E-state index contributed by atoms with van der Waals surface area (Å²) in [5, 5.41) is 16.8. The van der Waals surface area contributed by atoms with Gasteiger partial charge in [0.25, 0.3) is 0 Å². The molecule has 4 rings (SSSR count). The predicted molar refractivity (Wildman–Crippen MR) is 116 cm³/mol. The molecule has 150 valence electrons. The number of rotatable bonds is 6. The first-order valence-corrected chi connectivity index (χ1v) is 9.61. The van der Waals surface area contributed by atoms with E-state index in [1.54, 1.807) is 42.5 Å². The molecule has 0 atom stereocenters. The summed E-state index contributed by atoms with van der Waals surface area (Å²) >= 11 is 5.87. The standard InChI is InChI=1S/C22H17ClN4O3/c23-16-6-1-14(2-7-16)3-12-21(28)24-17-8-4-15(5-9-17)22-25-19-11-10-18(26-29)13-20(19)27(22)30/h1-2,4-11,13,30H,3,12H2,(H,24,28). The Morgan fingerprint density at radius 1 is 1.07 bits per heavy atom. The average molecular weight is 421 g/mol. The van der Waals surface area contributed by atoms with E-state index in [1.807, 2.05) is 12.1 Å². The molecule has 1 amide bonds. The number of anilines is 1. The lowest BCUT2D eigenvalue weighted by atomic mass is 10.1. The van der Waals surface area contributed by atoms with Crippen LogP contribution in [0, 0.1) is 4.91 Å². The Balaban J connectivity index is 1.44. The Morgan fingerprint density at radius 3 is 2.50 bits per heavy atom. The summed E-state index contributed by atoms with van der Waals surface area (Å²) in [7, 11) is 0. The molecular weight excluding hydrogens is 404 g/mol. The van der Waals surface area contributed by atoms with Gasteiger partial charge in [0.2, 0.25) is 5.91 Å². The Bertz CT molecular complexity index is 1220. The van der Waals surface area contributed by atoms with Crippen molar-refractivity contribution in [3.8, 4) is 11.4 Å². The fourth-order valence-corrected chi connectivity index (χ4v) is 3.26. The summed E-state index contributed by atoms with van der Waals surface area (Å²) in [4.78, 5) is 27.3. The molecule has 0 aliphatic rings. The van der Waals surface area contributed by atoms with Crippen LogP contribution < -0.4 is 5.32 Å². The number of nitrogens with one attached hydrogen (secondary N) is 1. The van der Waals surface area contributed by atoms with Crippen molar-refractivity contribution in [1.82, 2.24) is 9.71 Å². The van der Waals surface area contributed by atoms with Gasteiger partial charge in [0.15, 0.2) is 5.82 Å². The molecule has 1 aromatic heterocycles. The van der Waals surface area contributed by atoms with E-state index in [-0.39, 0.29) is 11.6 Å². The van der Waals surface area contributed by atoms with Crippen molar-refractivity contribution >= 4 is 39.9 Å². The number of fused-ring (bicyclic) bond motifs is 1. The van der Waals surface area contributed by atoms with Gasteiger partial charge in [0.05, 0.1) is 5.52 Å². The molecule has 0 bridgehead atoms. The van der Waals surface area contributed by atoms with Crippen LogP contribution in [0.3, 0.4) is 0 Å². The van der Waals surface area contributed by atoms with Gasteiger partial charge in [-0.2, -0.15) is 4.73 Å². The smallest absolute Gasteiger partial charge is 0.224 e. The summed E-state index contributed by atoms with van der Waals surface area (Å²) in [6, 6.07) is 19.0. The van der Waals surface area contributed by atoms with Gasteiger partial charge in [0.1, 0.15) is 11.2 Å². The molecule has 3 aromatic carbocycles. The highest BCUT2D eigenvalue weighted by Gasteiger charge is 2.13. The molecule has 4 aromatic rings. The number of nitroso groups, excluding NO2 is 1. The van der Waals surface area contributed by atoms with Crippen LogP contribution >= 0.6 is 11.6 Å². The van der Waals surface area contributed by atoms with Crippen molar-refractivity contribution in [3.63, 3.8) is 0 Å². The molecule has 0 radical (unpaired) electrons. The van der Waals surface area contributed by atoms with Gasteiger partial charge in [-0.25, -0.2) is 4.98 Å². The number of aryl methyl sites for hydroxylation is 1. The minimum atomic E-state index is -0.0963. The predicted octanol–water partition coefficient (Wildman–Crippen LogP) is 5.56. The maximum absolute atomic E-state index is 12.2. The van der Waals surface area contributed by atoms with Crippen LogP contribution in [0.4, 0.5) is 11.4 Å². The van der Waals surface area contributed by atoms with Crippen LogP contribution in [0.5, 0.6) is 0 Å². The molecule has 7 nitrogen and oxygen atoms in total. The van der Waals surface area contributed by atoms with Gasteiger partial charge in [-0.3, -0.25) is 4.79 Å². The zero-order chi connectivity index (χ0) is 21.1. The van der Waals surface area contributed by atoms with E-state index in [2.05, 4.69) is 15.5 Å². The lowest BCUT2D eigenvalue weighted by Gasteiger charge is -2.07. The largest absolute Gasteiger partial charge is 0.426 e. The van der Waals surface area contributed by atoms with Crippen molar-refractivity contribution in [2.24, 2.45) is 5.18 Å². The molecule has 0 fully saturated rings. The van der Waals surface area contributed by atoms with E-state index in [0.29, 0.717) is 46.0 Å². The number of halogens is 1. The maximum Gasteiger partial charge on any atom is 0.224 e. The van der Waals surface area contributed by atoms with E-state index in [4.69, 9.17) is 11.6 Å². The zero-order valence-corrected chi connectivity index (χ0v) is 16.5. The summed E-state index contributed by atoms with van der Waals surface area (Å²) < 4.78 is 0.920. The fraction of sp³-hybridized carbons (Fsp3) is 0.0909. The molecule has 0 unspecified atom stereocenters. The average Bonchev–Trinajstić information content (AvgIpc) is 3.09. The lowest BCUT2D eigenvalue weighted by Crippen LogP contribution is -2.12. The second-order valence-electron chi connectivity index (χ2n) is 6.76. The number of aromatic nitrogens is 2. The molecule has 0 saturated heterocycles. The summed E-state index contributed by atoms with van der Waals surface area (Å²) in [5.41, 5.74) is 3.49. The van der Waals surface area contributed by atoms with Crippen molar-refractivity contribution < 1.29 is 10.0 Å². The number of benzene rings is 3. The van der Waals surface area contributed by atoms with Gasteiger partial charge >= 0.3 is 0 Å². The highest BCUT2D eigenvalue weighted by molar-refractivity contribution is 6.30. The number of imidazole rings is 1. The number of carbonyl (C=O) groups excluding carboxylic acids is 1. The van der Waals surface area contributed by atoms with Crippen molar-refractivity contribution in [1.29, 1.82) is 0 Å². The Labute approximate surface area is 176 Å². The van der Waals surface area contributed by atoms with Crippen molar-refractivity contribution in [3.05, 3.63) is 82.2 Å². The highest BCUT2D eigenvalue weighted by Crippen LogP contribution is 2.27. The molecule has 0 saturated carbocycles. The molecule has 30 heavy (non-hydrogen) atoms.